The molecule has 2 aromatic carbocycles. The number of carbonyl (C=O) groups is 1. The number of hydrogen-bond donors (Lipinski definition) is 0. The summed E-state index contributed by atoms with van der Waals surface area (Å²) in [6.45, 7) is -3.53. The number of fused-ring (bicyclic) bond motifs is 2. The van der Waals surface area contributed by atoms with E-state index in [1.54, 1.807) is 19.1 Å². The number of ether oxygens (including phenoxy) is 1. The van der Waals surface area contributed by atoms with E-state index in [2.05, 4.69) is 10.1 Å². The van der Waals surface area contributed by atoms with Gasteiger partial charge in [0.25, 0.3) is 5.91 Å². The summed E-state index contributed by atoms with van der Waals surface area (Å²) in [5.41, 5.74) is 0.0872. The molecule has 0 atom stereocenters. The first kappa shape index (κ1) is 15.1. The lowest BCUT2D eigenvalue weighted by Crippen LogP contribution is -2.24. The third-order valence-electron chi connectivity index (χ3n) is 5.23. The minimum Gasteiger partial charge on any atom is -0.492 e. The van der Waals surface area contributed by atoms with Crippen molar-refractivity contribution in [2.75, 3.05) is 6.61 Å². The Bertz CT molecular complexity index is 1530. The maximum atomic E-state index is 15.3. The van der Waals surface area contributed by atoms with E-state index in [-0.39, 0.29) is 22.3 Å². The van der Waals surface area contributed by atoms with E-state index in [1.165, 1.54) is 24.5 Å². The molecule has 2 aromatic heterocycles. The number of carbonyl (C=O) groups excluding carboxylic acids is 1. The lowest BCUT2D eigenvalue weighted by atomic mass is 9.99. The van der Waals surface area contributed by atoms with E-state index < -0.39 is 43.1 Å². The van der Waals surface area contributed by atoms with E-state index >= 15 is 8.78 Å². The van der Waals surface area contributed by atoms with Crippen molar-refractivity contribution >= 4 is 16.8 Å². The number of aryl methyl sites for hydroxylation is 1. The monoisotopic (exact) mass is 439 g/mol. The van der Waals surface area contributed by atoms with Gasteiger partial charge in [-0.1, -0.05) is 0 Å². The predicted octanol–water partition coefficient (Wildman–Crippen LogP) is 4.47. The van der Waals surface area contributed by atoms with Crippen LogP contribution in [0.5, 0.6) is 5.75 Å². The van der Waals surface area contributed by atoms with Crippen LogP contribution >= 0.6 is 0 Å². The zero-order chi connectivity index (χ0) is 26.7. The molecule has 0 unspecified atom stereocenters. The second-order valence-corrected chi connectivity index (χ2v) is 7.20. The highest BCUT2D eigenvalue weighted by Gasteiger charge is 2.29. The van der Waals surface area contributed by atoms with Gasteiger partial charge in [-0.15, -0.1) is 0 Å². The fraction of sp³-hybridized carbons (Fsp3) is 0.208. The number of nitrogens with zero attached hydrogens (tertiary/aromatic N) is 4. The van der Waals surface area contributed by atoms with Crippen LogP contribution in [0.15, 0.2) is 48.8 Å². The van der Waals surface area contributed by atoms with Gasteiger partial charge in [0, 0.05) is 34.4 Å². The van der Waals surface area contributed by atoms with Gasteiger partial charge in [0.15, 0.2) is 0 Å². The molecule has 1 amide bonds. The lowest BCUT2D eigenvalue weighted by Gasteiger charge is -2.17. The number of aromatic nitrogens is 3. The van der Waals surface area contributed by atoms with E-state index in [0.29, 0.717) is 23.3 Å². The molecule has 0 fully saturated rings. The third kappa shape index (κ3) is 3.28. The normalized spacial score (nSPS) is 17.4. The van der Waals surface area contributed by atoms with Crippen molar-refractivity contribution < 1.29 is 25.2 Å². The first-order chi connectivity index (χ1) is 17.4. The average Bonchev–Trinajstić information content (AvgIpc) is 3.36. The topological polar surface area (TPSA) is 60.3 Å². The van der Waals surface area contributed by atoms with Crippen molar-refractivity contribution in [1.29, 1.82) is 0 Å². The van der Waals surface area contributed by atoms with Crippen LogP contribution in [0.25, 0.3) is 22.0 Å². The van der Waals surface area contributed by atoms with E-state index in [9.17, 15) is 4.79 Å². The second-order valence-electron chi connectivity index (χ2n) is 7.20. The van der Waals surface area contributed by atoms with E-state index in [4.69, 9.17) is 11.6 Å². The SMILES string of the molecule is [2H]C1([2H])c2ncccc2C(=O)N1Cc1c(F)cc(-c2ccc(OCC)c3nn(C([2H])([2H])[2H])cc23)cc1F. The number of amides is 1. The fourth-order valence-electron chi connectivity index (χ4n) is 3.77. The highest BCUT2D eigenvalue weighted by molar-refractivity contribution is 5.98. The van der Waals surface area contributed by atoms with Gasteiger partial charge in [-0.2, -0.15) is 5.10 Å². The maximum Gasteiger partial charge on any atom is 0.256 e. The lowest BCUT2D eigenvalue weighted by molar-refractivity contribution is 0.0763. The molecule has 4 aromatic rings. The Hall–Kier alpha value is -3.81. The highest BCUT2D eigenvalue weighted by atomic mass is 19.1. The minimum absolute atomic E-state index is 0.0352. The number of benzene rings is 2. The summed E-state index contributed by atoms with van der Waals surface area (Å²) in [7, 11) is 0. The molecular formula is C24H20F2N4O2. The van der Waals surface area contributed by atoms with Crippen molar-refractivity contribution in [2.24, 2.45) is 6.98 Å². The Kier molecular flexibility index (Phi) is 3.63. The van der Waals surface area contributed by atoms with Crippen LogP contribution in [0.1, 0.15) is 35.4 Å². The van der Waals surface area contributed by atoms with Crippen LogP contribution in [0.3, 0.4) is 0 Å². The Balaban J connectivity index is 1.56. The number of pyridine rings is 1. The van der Waals surface area contributed by atoms with Crippen LogP contribution in [-0.2, 0) is 20.0 Å². The average molecular weight is 439 g/mol. The molecule has 162 valence electrons. The van der Waals surface area contributed by atoms with Crippen LogP contribution < -0.4 is 4.74 Å². The second kappa shape index (κ2) is 7.71. The van der Waals surface area contributed by atoms with Crippen molar-refractivity contribution in [3.05, 3.63) is 77.2 Å². The van der Waals surface area contributed by atoms with Gasteiger partial charge >= 0.3 is 0 Å². The molecular weight excluding hydrogens is 414 g/mol. The quantitative estimate of drug-likeness (QED) is 0.460. The van der Waals surface area contributed by atoms with Crippen molar-refractivity contribution in [2.45, 2.75) is 20.0 Å². The molecule has 5 rings (SSSR count). The molecule has 6 nitrogen and oxygen atoms in total. The summed E-state index contributed by atoms with van der Waals surface area (Å²) in [6.07, 6.45) is 2.61. The smallest absolute Gasteiger partial charge is 0.256 e. The van der Waals surface area contributed by atoms with Crippen molar-refractivity contribution in [1.82, 2.24) is 19.7 Å². The van der Waals surface area contributed by atoms with Crippen LogP contribution in [0, 0.1) is 11.6 Å². The molecule has 0 saturated carbocycles. The molecule has 0 saturated heterocycles. The van der Waals surface area contributed by atoms with Gasteiger partial charge in [0.2, 0.25) is 0 Å². The predicted molar refractivity (Wildman–Crippen MR) is 115 cm³/mol. The largest absolute Gasteiger partial charge is 0.492 e. The molecule has 8 heteroatoms. The summed E-state index contributed by atoms with van der Waals surface area (Å²) in [6, 6.07) is 8.11. The fourth-order valence-corrected chi connectivity index (χ4v) is 3.77. The van der Waals surface area contributed by atoms with Gasteiger partial charge < -0.3 is 9.64 Å². The Morgan fingerprint density at radius 2 is 2.03 bits per heavy atom. The Labute approximate surface area is 190 Å². The van der Waals surface area contributed by atoms with Gasteiger partial charge in [-0.25, -0.2) is 8.78 Å². The molecule has 0 N–H and O–H groups in total. The molecule has 1 aliphatic heterocycles. The minimum atomic E-state index is -2.58. The number of hydrogen-bond acceptors (Lipinski definition) is 4. The molecule has 0 spiro atoms. The number of halogens is 2. The molecule has 0 aliphatic carbocycles. The summed E-state index contributed by atoms with van der Waals surface area (Å²) >= 11 is 0. The van der Waals surface area contributed by atoms with E-state index in [1.807, 2.05) is 0 Å². The maximum absolute atomic E-state index is 15.3. The zero-order valence-electron chi connectivity index (χ0n) is 21.9. The zero-order valence-corrected chi connectivity index (χ0v) is 16.9. The van der Waals surface area contributed by atoms with Gasteiger partial charge in [0.05, 0.1) is 33.6 Å². The van der Waals surface area contributed by atoms with E-state index in [0.717, 1.165) is 21.7 Å². The Morgan fingerprint density at radius 1 is 1.22 bits per heavy atom. The molecule has 32 heavy (non-hydrogen) atoms. The third-order valence-corrected chi connectivity index (χ3v) is 5.23. The van der Waals surface area contributed by atoms with Gasteiger partial charge in [-0.05, 0) is 54.4 Å². The molecule has 0 radical (unpaired) electrons. The highest BCUT2D eigenvalue weighted by Crippen LogP contribution is 2.35. The molecule has 3 heterocycles. The Morgan fingerprint density at radius 3 is 2.75 bits per heavy atom. The summed E-state index contributed by atoms with van der Waals surface area (Å²) < 4.78 is 76.5. The summed E-state index contributed by atoms with van der Waals surface area (Å²) in [5.74, 6) is -2.38. The van der Waals surface area contributed by atoms with Crippen LogP contribution in [0.2, 0.25) is 0 Å². The molecule has 0 bridgehead atoms. The molecule has 1 aliphatic rings. The van der Waals surface area contributed by atoms with Crippen LogP contribution in [0.4, 0.5) is 8.78 Å². The van der Waals surface area contributed by atoms with Gasteiger partial charge in [0.1, 0.15) is 22.9 Å². The first-order valence-corrected chi connectivity index (χ1v) is 9.85. The summed E-state index contributed by atoms with van der Waals surface area (Å²) in [5, 5.41) is 4.43. The first-order valence-electron chi connectivity index (χ1n) is 12.3. The summed E-state index contributed by atoms with van der Waals surface area (Å²) in [4.78, 5) is 17.5. The van der Waals surface area contributed by atoms with Crippen molar-refractivity contribution in [3.8, 4) is 16.9 Å². The van der Waals surface area contributed by atoms with Crippen LogP contribution in [-0.4, -0.2) is 32.2 Å². The van der Waals surface area contributed by atoms with Crippen molar-refractivity contribution in [3.63, 3.8) is 0 Å². The number of rotatable bonds is 5. The standard InChI is InChI=1S/C24H20F2N4O2/c1-3-32-22-7-6-15(17-11-29(2)28-23(17)22)14-9-19(25)18(20(26)10-14)12-30-13-21-16(24(30)31)5-4-8-27-21/h4-11H,3,12-13H2,1-2H3/i2D3,13D2. The van der Waals surface area contributed by atoms with Gasteiger partial charge in [-0.3, -0.25) is 14.5 Å².